The maximum atomic E-state index is 13.1. The van der Waals surface area contributed by atoms with Crippen LogP contribution in [-0.2, 0) is 20.7 Å². The molecule has 1 atom stereocenters. The highest BCUT2D eigenvalue weighted by atomic mass is 35.5. The molecule has 8 heteroatoms. The van der Waals surface area contributed by atoms with Gasteiger partial charge in [0.05, 0.1) is 32.8 Å². The van der Waals surface area contributed by atoms with Crippen LogP contribution in [0.15, 0.2) is 66.7 Å². The fraction of sp³-hybridized carbons (Fsp3) is 0.200. The van der Waals surface area contributed by atoms with Gasteiger partial charge in [0.25, 0.3) is 5.91 Å². The minimum Gasteiger partial charge on any atom is -0.495 e. The number of ether oxygens (including phenoxy) is 4. The number of hydrogen-bond acceptors (Lipinski definition) is 6. The van der Waals surface area contributed by atoms with Crippen molar-refractivity contribution < 1.29 is 28.5 Å². The van der Waals surface area contributed by atoms with Gasteiger partial charge in [-0.3, -0.25) is 9.59 Å². The Kier molecular flexibility index (Phi) is 8.16. The number of benzene rings is 3. The topological polar surface area (TPSA) is 83.1 Å². The van der Waals surface area contributed by atoms with Crippen molar-refractivity contribution in [2.24, 2.45) is 0 Å². The fourth-order valence-electron chi connectivity index (χ4n) is 3.18. The molecule has 1 N–H and O–H groups in total. The zero-order valence-corrected chi connectivity index (χ0v) is 19.2. The maximum absolute atomic E-state index is 13.1. The lowest BCUT2D eigenvalue weighted by Gasteiger charge is -2.19. The van der Waals surface area contributed by atoms with Gasteiger partial charge in [-0.25, -0.2) is 0 Å². The van der Waals surface area contributed by atoms with Crippen molar-refractivity contribution in [3.63, 3.8) is 0 Å². The monoisotopic (exact) mass is 469 g/mol. The molecule has 0 spiro atoms. The third kappa shape index (κ3) is 6.17. The van der Waals surface area contributed by atoms with Gasteiger partial charge in [0, 0.05) is 11.3 Å². The molecule has 0 aliphatic heterocycles. The van der Waals surface area contributed by atoms with Gasteiger partial charge in [-0.2, -0.15) is 0 Å². The van der Waals surface area contributed by atoms with Gasteiger partial charge < -0.3 is 24.3 Å². The van der Waals surface area contributed by atoms with E-state index in [1.54, 1.807) is 60.7 Å². The number of carbonyl (C=O) groups is 2. The second kappa shape index (κ2) is 11.2. The highest BCUT2D eigenvalue weighted by Crippen LogP contribution is 2.30. The first-order valence-electron chi connectivity index (χ1n) is 10.0. The van der Waals surface area contributed by atoms with E-state index in [1.807, 2.05) is 6.07 Å². The number of anilines is 1. The summed E-state index contributed by atoms with van der Waals surface area (Å²) in [5.74, 6) is 0.448. The molecule has 0 radical (unpaired) electrons. The van der Waals surface area contributed by atoms with Crippen molar-refractivity contribution in [2.45, 2.75) is 12.5 Å². The largest absolute Gasteiger partial charge is 0.495 e. The average molecular weight is 470 g/mol. The van der Waals surface area contributed by atoms with E-state index >= 15 is 0 Å². The van der Waals surface area contributed by atoms with Gasteiger partial charge in [0.2, 0.25) is 6.10 Å². The Morgan fingerprint density at radius 1 is 0.848 bits per heavy atom. The molecule has 0 saturated carbocycles. The van der Waals surface area contributed by atoms with E-state index in [2.05, 4.69) is 5.32 Å². The van der Waals surface area contributed by atoms with Gasteiger partial charge in [-0.1, -0.05) is 48.0 Å². The van der Waals surface area contributed by atoms with Crippen LogP contribution in [0.25, 0.3) is 0 Å². The molecule has 0 fully saturated rings. The molecule has 0 aliphatic rings. The van der Waals surface area contributed by atoms with Crippen LogP contribution < -0.4 is 19.5 Å². The molecule has 7 nitrogen and oxygen atoms in total. The number of methoxy groups -OCH3 is 3. The number of nitrogens with one attached hydrogen (secondary N) is 1. The van der Waals surface area contributed by atoms with Crippen LogP contribution in [0, 0.1) is 0 Å². The number of rotatable bonds is 9. The van der Waals surface area contributed by atoms with E-state index < -0.39 is 18.0 Å². The van der Waals surface area contributed by atoms with Gasteiger partial charge in [-0.15, -0.1) is 0 Å². The van der Waals surface area contributed by atoms with Crippen LogP contribution in [0.2, 0.25) is 5.02 Å². The van der Waals surface area contributed by atoms with Gasteiger partial charge in [0.15, 0.2) is 11.5 Å². The molecule has 1 unspecified atom stereocenters. The molecule has 0 bridgehead atoms. The van der Waals surface area contributed by atoms with Crippen LogP contribution >= 0.6 is 11.6 Å². The zero-order valence-electron chi connectivity index (χ0n) is 18.5. The summed E-state index contributed by atoms with van der Waals surface area (Å²) >= 11 is 6.15. The first-order valence-corrected chi connectivity index (χ1v) is 10.4. The number of esters is 1. The summed E-state index contributed by atoms with van der Waals surface area (Å²) in [5, 5.41) is 3.09. The van der Waals surface area contributed by atoms with Crippen LogP contribution in [0.5, 0.6) is 17.2 Å². The molecule has 0 aliphatic carbocycles. The summed E-state index contributed by atoms with van der Waals surface area (Å²) in [7, 11) is 4.55. The van der Waals surface area contributed by atoms with Crippen molar-refractivity contribution >= 4 is 29.2 Å². The third-order valence-corrected chi connectivity index (χ3v) is 5.10. The Morgan fingerprint density at radius 2 is 1.52 bits per heavy atom. The molecule has 1 amide bonds. The molecule has 0 saturated heterocycles. The summed E-state index contributed by atoms with van der Waals surface area (Å²) in [6.45, 7) is 0. The standard InChI is InChI=1S/C25H24ClNO6/c1-30-20-12-10-18(15-19(20)26)27-25(29)24(17-7-5-4-6-8-17)33-23(28)14-16-9-11-21(31-2)22(13-16)32-3/h4-13,15,24H,14H2,1-3H3,(H,27,29). The lowest BCUT2D eigenvalue weighted by Crippen LogP contribution is -2.26. The van der Waals surface area contributed by atoms with E-state index in [4.69, 9.17) is 30.5 Å². The molecule has 33 heavy (non-hydrogen) atoms. The third-order valence-electron chi connectivity index (χ3n) is 4.81. The molecule has 0 aromatic heterocycles. The molecule has 172 valence electrons. The van der Waals surface area contributed by atoms with Crippen LogP contribution in [0.3, 0.4) is 0 Å². The van der Waals surface area contributed by atoms with Gasteiger partial charge in [-0.05, 0) is 35.9 Å². The van der Waals surface area contributed by atoms with Crippen LogP contribution in [0.4, 0.5) is 5.69 Å². The van der Waals surface area contributed by atoms with Crippen molar-refractivity contribution in [1.29, 1.82) is 0 Å². The lowest BCUT2D eigenvalue weighted by molar-refractivity contribution is -0.154. The summed E-state index contributed by atoms with van der Waals surface area (Å²) < 4.78 is 21.2. The molecule has 3 rings (SSSR count). The number of hydrogen-bond donors (Lipinski definition) is 1. The second-order valence-corrected chi connectivity index (χ2v) is 7.39. The molecular weight excluding hydrogens is 446 g/mol. The van der Waals surface area contributed by atoms with E-state index in [-0.39, 0.29) is 6.42 Å². The predicted molar refractivity (Wildman–Crippen MR) is 125 cm³/mol. The number of halogens is 1. The van der Waals surface area contributed by atoms with Crippen molar-refractivity contribution in [1.82, 2.24) is 0 Å². The molecular formula is C25H24ClNO6. The molecule has 0 heterocycles. The number of carbonyl (C=O) groups excluding carboxylic acids is 2. The molecule has 3 aromatic carbocycles. The van der Waals surface area contributed by atoms with E-state index in [0.717, 1.165) is 0 Å². The van der Waals surface area contributed by atoms with Crippen LogP contribution in [-0.4, -0.2) is 33.2 Å². The quantitative estimate of drug-likeness (QED) is 0.452. The zero-order chi connectivity index (χ0) is 23.8. The summed E-state index contributed by atoms with van der Waals surface area (Å²) in [4.78, 5) is 25.8. The van der Waals surface area contributed by atoms with Crippen LogP contribution in [0.1, 0.15) is 17.2 Å². The second-order valence-electron chi connectivity index (χ2n) is 6.99. The summed E-state index contributed by atoms with van der Waals surface area (Å²) in [5.41, 5.74) is 1.64. The van der Waals surface area contributed by atoms with E-state index in [0.29, 0.717) is 39.1 Å². The number of amides is 1. The minimum absolute atomic E-state index is 0.0503. The maximum Gasteiger partial charge on any atom is 0.311 e. The van der Waals surface area contributed by atoms with E-state index in [9.17, 15) is 9.59 Å². The molecule has 3 aromatic rings. The summed E-state index contributed by atoms with van der Waals surface area (Å²) in [6, 6.07) is 18.8. The van der Waals surface area contributed by atoms with Crippen molar-refractivity contribution in [3.05, 3.63) is 82.9 Å². The average Bonchev–Trinajstić information content (AvgIpc) is 2.83. The smallest absolute Gasteiger partial charge is 0.311 e. The van der Waals surface area contributed by atoms with Gasteiger partial charge >= 0.3 is 5.97 Å². The highest BCUT2D eigenvalue weighted by molar-refractivity contribution is 6.32. The normalized spacial score (nSPS) is 11.3. The summed E-state index contributed by atoms with van der Waals surface area (Å²) in [6.07, 6.45) is -1.20. The first kappa shape index (κ1) is 23.9. The Hall–Kier alpha value is -3.71. The Balaban J connectivity index is 1.78. The fourth-order valence-corrected chi connectivity index (χ4v) is 3.44. The SMILES string of the molecule is COc1ccc(NC(=O)C(OC(=O)Cc2ccc(OC)c(OC)c2)c2ccccc2)cc1Cl. The van der Waals surface area contributed by atoms with E-state index in [1.165, 1.54) is 21.3 Å². The minimum atomic E-state index is -1.15. The Morgan fingerprint density at radius 3 is 2.15 bits per heavy atom. The van der Waals surface area contributed by atoms with Crippen molar-refractivity contribution in [2.75, 3.05) is 26.6 Å². The first-order chi connectivity index (χ1) is 15.9. The van der Waals surface area contributed by atoms with Crippen molar-refractivity contribution in [3.8, 4) is 17.2 Å². The Bertz CT molecular complexity index is 1120. The highest BCUT2D eigenvalue weighted by Gasteiger charge is 2.25. The van der Waals surface area contributed by atoms with Gasteiger partial charge in [0.1, 0.15) is 5.75 Å². The lowest BCUT2D eigenvalue weighted by atomic mass is 10.1. The Labute approximate surface area is 197 Å². The predicted octanol–water partition coefficient (Wildman–Crippen LogP) is 4.83.